The first-order valence-corrected chi connectivity index (χ1v) is 5.44. The Labute approximate surface area is 106 Å². The van der Waals surface area contributed by atoms with E-state index in [1.807, 2.05) is 0 Å². The maximum Gasteiger partial charge on any atom is 0.319 e. The van der Waals surface area contributed by atoms with Gasteiger partial charge in [0.15, 0.2) is 0 Å². The first kappa shape index (κ1) is 12.8. The zero-order valence-electron chi connectivity index (χ0n) is 9.08. The van der Waals surface area contributed by atoms with Gasteiger partial charge >= 0.3 is 6.55 Å². The summed E-state index contributed by atoms with van der Waals surface area (Å²) >= 11 is 5.71. The standard InChI is InChI=1S/C11H9ClF3N3/c12-7-1-2-8(13)9(5-7)17-6-10-16-3-4-18(10)11(14)15/h1-5,11,17H,6H2. The largest absolute Gasteiger partial charge is 0.375 e. The molecule has 1 N–H and O–H groups in total. The number of hydrogen-bond donors (Lipinski definition) is 1. The van der Waals surface area contributed by atoms with Crippen molar-refractivity contribution in [2.45, 2.75) is 13.1 Å². The number of nitrogens with zero attached hydrogens (tertiary/aromatic N) is 2. The molecule has 0 atom stereocenters. The van der Waals surface area contributed by atoms with Crippen molar-refractivity contribution in [2.24, 2.45) is 0 Å². The summed E-state index contributed by atoms with van der Waals surface area (Å²) < 4.78 is 39.1. The van der Waals surface area contributed by atoms with E-state index >= 15 is 0 Å². The van der Waals surface area contributed by atoms with Crippen LogP contribution < -0.4 is 5.32 Å². The van der Waals surface area contributed by atoms with Crippen molar-refractivity contribution in [1.82, 2.24) is 9.55 Å². The summed E-state index contributed by atoms with van der Waals surface area (Å²) in [6, 6.07) is 3.99. The van der Waals surface area contributed by atoms with Gasteiger partial charge in [0.1, 0.15) is 11.6 Å². The van der Waals surface area contributed by atoms with Crippen molar-refractivity contribution in [2.75, 3.05) is 5.32 Å². The van der Waals surface area contributed by atoms with Gasteiger partial charge in [-0.3, -0.25) is 4.57 Å². The number of hydrogen-bond acceptors (Lipinski definition) is 2. The molecule has 1 aromatic carbocycles. The van der Waals surface area contributed by atoms with Crippen LogP contribution in [0.4, 0.5) is 18.9 Å². The van der Waals surface area contributed by atoms with Crippen molar-refractivity contribution in [3.63, 3.8) is 0 Å². The van der Waals surface area contributed by atoms with Gasteiger partial charge in [-0.1, -0.05) is 11.6 Å². The highest BCUT2D eigenvalue weighted by Gasteiger charge is 2.11. The third kappa shape index (κ3) is 2.76. The Morgan fingerprint density at radius 2 is 2.17 bits per heavy atom. The normalized spacial score (nSPS) is 10.9. The van der Waals surface area contributed by atoms with Crippen molar-refractivity contribution >= 4 is 17.3 Å². The van der Waals surface area contributed by atoms with Gasteiger partial charge in [-0.2, -0.15) is 8.78 Å². The van der Waals surface area contributed by atoms with E-state index in [1.165, 1.54) is 24.4 Å². The zero-order valence-corrected chi connectivity index (χ0v) is 9.83. The number of imidazole rings is 1. The lowest BCUT2D eigenvalue weighted by atomic mass is 10.3. The van der Waals surface area contributed by atoms with Crippen LogP contribution in [-0.2, 0) is 6.54 Å². The van der Waals surface area contributed by atoms with Gasteiger partial charge in [0, 0.05) is 17.4 Å². The number of alkyl halides is 2. The monoisotopic (exact) mass is 275 g/mol. The lowest BCUT2D eigenvalue weighted by Gasteiger charge is -2.09. The van der Waals surface area contributed by atoms with Crippen LogP contribution in [0.3, 0.4) is 0 Å². The maximum atomic E-state index is 13.4. The molecule has 1 heterocycles. The minimum Gasteiger partial charge on any atom is -0.375 e. The number of nitrogens with one attached hydrogen (secondary N) is 1. The van der Waals surface area contributed by atoms with E-state index < -0.39 is 12.4 Å². The lowest BCUT2D eigenvalue weighted by Crippen LogP contribution is -2.09. The predicted octanol–water partition coefficient (Wildman–Crippen LogP) is 3.68. The van der Waals surface area contributed by atoms with Gasteiger partial charge in [-0.15, -0.1) is 0 Å². The number of benzene rings is 1. The molecule has 7 heteroatoms. The van der Waals surface area contributed by atoms with Gasteiger partial charge in [-0.25, -0.2) is 9.37 Å². The van der Waals surface area contributed by atoms with E-state index in [9.17, 15) is 13.2 Å². The van der Waals surface area contributed by atoms with Gasteiger partial charge in [0.2, 0.25) is 0 Å². The van der Waals surface area contributed by atoms with Crippen LogP contribution in [-0.4, -0.2) is 9.55 Å². The van der Waals surface area contributed by atoms with Crippen molar-refractivity contribution in [1.29, 1.82) is 0 Å². The Morgan fingerprint density at radius 3 is 2.89 bits per heavy atom. The molecule has 0 aliphatic carbocycles. The third-order valence-corrected chi connectivity index (χ3v) is 2.56. The average Bonchev–Trinajstić information content (AvgIpc) is 2.79. The smallest absolute Gasteiger partial charge is 0.319 e. The van der Waals surface area contributed by atoms with Gasteiger partial charge in [0.25, 0.3) is 0 Å². The molecule has 2 rings (SSSR count). The second-order valence-electron chi connectivity index (χ2n) is 3.51. The summed E-state index contributed by atoms with van der Waals surface area (Å²) in [6.45, 7) is -2.69. The molecule has 0 amide bonds. The van der Waals surface area contributed by atoms with E-state index in [4.69, 9.17) is 11.6 Å². The number of anilines is 1. The highest BCUT2D eigenvalue weighted by atomic mass is 35.5. The first-order valence-electron chi connectivity index (χ1n) is 5.06. The Hall–Kier alpha value is -1.69. The van der Waals surface area contributed by atoms with E-state index in [0.717, 1.165) is 6.20 Å². The van der Waals surface area contributed by atoms with Crippen LogP contribution in [0.25, 0.3) is 0 Å². The zero-order chi connectivity index (χ0) is 13.1. The third-order valence-electron chi connectivity index (χ3n) is 2.32. The molecule has 3 nitrogen and oxygen atoms in total. The van der Waals surface area contributed by atoms with Crippen LogP contribution in [0.5, 0.6) is 0 Å². The summed E-state index contributed by atoms with van der Waals surface area (Å²) in [4.78, 5) is 3.77. The SMILES string of the molecule is Fc1ccc(Cl)cc1NCc1nccn1C(F)F. The molecular formula is C11H9ClF3N3. The molecule has 0 unspecified atom stereocenters. The quantitative estimate of drug-likeness (QED) is 0.922. The molecule has 0 bridgehead atoms. The summed E-state index contributed by atoms with van der Waals surface area (Å²) in [6.07, 6.45) is 2.42. The molecule has 0 saturated heterocycles. The topological polar surface area (TPSA) is 29.9 Å². The second-order valence-corrected chi connectivity index (χ2v) is 3.94. The van der Waals surface area contributed by atoms with Gasteiger partial charge in [0.05, 0.1) is 12.2 Å². The molecule has 1 aromatic heterocycles. The molecular weight excluding hydrogens is 267 g/mol. The van der Waals surface area contributed by atoms with Crippen LogP contribution in [0, 0.1) is 5.82 Å². The molecule has 2 aromatic rings. The Bertz CT molecular complexity index is 542. The molecule has 0 fully saturated rings. The fourth-order valence-electron chi connectivity index (χ4n) is 1.47. The Balaban J connectivity index is 2.11. The lowest BCUT2D eigenvalue weighted by molar-refractivity contribution is 0.0673. The molecule has 0 spiro atoms. The second kappa shape index (κ2) is 5.30. The first-order chi connectivity index (χ1) is 8.58. The van der Waals surface area contributed by atoms with Crippen molar-refractivity contribution in [3.05, 3.63) is 47.3 Å². The molecule has 96 valence electrons. The minimum absolute atomic E-state index is 0.0192. The van der Waals surface area contributed by atoms with Gasteiger partial charge < -0.3 is 5.32 Å². The number of halogens is 4. The summed E-state index contributed by atoms with van der Waals surface area (Å²) in [7, 11) is 0. The predicted molar refractivity (Wildman–Crippen MR) is 62.2 cm³/mol. The highest BCUT2D eigenvalue weighted by Crippen LogP contribution is 2.20. The summed E-state index contributed by atoms with van der Waals surface area (Å²) in [5.41, 5.74) is 0.145. The average molecular weight is 276 g/mol. The molecule has 0 aliphatic heterocycles. The van der Waals surface area contributed by atoms with Crippen molar-refractivity contribution < 1.29 is 13.2 Å². The van der Waals surface area contributed by atoms with Crippen molar-refractivity contribution in [3.8, 4) is 0 Å². The molecule has 0 saturated carbocycles. The fourth-order valence-corrected chi connectivity index (χ4v) is 1.64. The van der Waals surface area contributed by atoms with Crippen LogP contribution >= 0.6 is 11.6 Å². The van der Waals surface area contributed by atoms with Crippen LogP contribution in [0.15, 0.2) is 30.6 Å². The fraction of sp³-hybridized carbons (Fsp3) is 0.182. The van der Waals surface area contributed by atoms with E-state index in [1.54, 1.807) is 0 Å². The van der Waals surface area contributed by atoms with E-state index in [2.05, 4.69) is 10.3 Å². The molecule has 0 aliphatic rings. The number of aromatic nitrogens is 2. The number of rotatable bonds is 4. The van der Waals surface area contributed by atoms with Crippen LogP contribution in [0.2, 0.25) is 5.02 Å². The van der Waals surface area contributed by atoms with E-state index in [0.29, 0.717) is 9.59 Å². The molecule has 18 heavy (non-hydrogen) atoms. The summed E-state index contributed by atoms with van der Waals surface area (Å²) in [5.74, 6) is -0.390. The summed E-state index contributed by atoms with van der Waals surface area (Å²) in [5, 5.41) is 3.03. The Morgan fingerprint density at radius 1 is 1.39 bits per heavy atom. The minimum atomic E-state index is -2.67. The molecule has 0 radical (unpaired) electrons. The van der Waals surface area contributed by atoms with Crippen LogP contribution in [0.1, 0.15) is 12.4 Å². The maximum absolute atomic E-state index is 13.4. The highest BCUT2D eigenvalue weighted by molar-refractivity contribution is 6.30. The van der Waals surface area contributed by atoms with E-state index in [-0.39, 0.29) is 18.1 Å². The van der Waals surface area contributed by atoms with Gasteiger partial charge in [-0.05, 0) is 18.2 Å². The Kier molecular flexibility index (Phi) is 3.76.